The molecule has 2 aliphatic rings. The molecule has 0 saturated carbocycles. The molecule has 18 heavy (non-hydrogen) atoms. The predicted octanol–water partition coefficient (Wildman–Crippen LogP) is 0.883. The molecule has 2 fully saturated rings. The number of nitrogens with one attached hydrogen (secondary N) is 1. The van der Waals surface area contributed by atoms with Crippen LogP contribution in [0.2, 0.25) is 0 Å². The van der Waals surface area contributed by atoms with Gasteiger partial charge in [0.25, 0.3) is 0 Å². The van der Waals surface area contributed by atoms with Crippen LogP contribution in [0.25, 0.3) is 0 Å². The SMILES string of the molecule is CCNC1CC2CCC(C1)N2CCn1ccnn1. The lowest BCUT2D eigenvalue weighted by Gasteiger charge is -2.39. The van der Waals surface area contributed by atoms with Crippen molar-refractivity contribution in [2.45, 2.75) is 57.3 Å². The molecule has 2 aliphatic heterocycles. The molecule has 0 aromatic carbocycles. The molecular formula is C13H23N5. The zero-order valence-corrected chi connectivity index (χ0v) is 11.1. The second-order valence-corrected chi connectivity index (χ2v) is 5.51. The first-order valence-corrected chi connectivity index (χ1v) is 7.20. The summed E-state index contributed by atoms with van der Waals surface area (Å²) in [7, 11) is 0. The third kappa shape index (κ3) is 2.42. The Kier molecular flexibility index (Phi) is 3.61. The Labute approximate surface area is 109 Å². The zero-order valence-electron chi connectivity index (χ0n) is 11.1. The second-order valence-electron chi connectivity index (χ2n) is 5.51. The van der Waals surface area contributed by atoms with Crippen LogP contribution in [0.5, 0.6) is 0 Å². The first-order chi connectivity index (χ1) is 8.86. The summed E-state index contributed by atoms with van der Waals surface area (Å²) in [6.07, 6.45) is 9.11. The Morgan fingerprint density at radius 1 is 1.22 bits per heavy atom. The molecule has 0 spiro atoms. The van der Waals surface area contributed by atoms with Crippen molar-refractivity contribution >= 4 is 0 Å². The Morgan fingerprint density at radius 2 is 2.00 bits per heavy atom. The Hall–Kier alpha value is -0.940. The quantitative estimate of drug-likeness (QED) is 0.841. The molecule has 0 aliphatic carbocycles. The van der Waals surface area contributed by atoms with Crippen LogP contribution in [0, 0.1) is 0 Å². The Morgan fingerprint density at radius 3 is 2.61 bits per heavy atom. The van der Waals surface area contributed by atoms with Crippen LogP contribution in [-0.4, -0.2) is 51.1 Å². The van der Waals surface area contributed by atoms with Gasteiger partial charge >= 0.3 is 0 Å². The average Bonchev–Trinajstić information content (AvgIpc) is 2.94. The van der Waals surface area contributed by atoms with E-state index in [1.165, 1.54) is 25.7 Å². The van der Waals surface area contributed by atoms with Gasteiger partial charge in [-0.1, -0.05) is 12.1 Å². The van der Waals surface area contributed by atoms with Gasteiger partial charge in [0.2, 0.25) is 0 Å². The molecule has 1 N–H and O–H groups in total. The fourth-order valence-electron chi connectivity index (χ4n) is 3.66. The van der Waals surface area contributed by atoms with Gasteiger partial charge in [-0.05, 0) is 32.2 Å². The van der Waals surface area contributed by atoms with Crippen molar-refractivity contribution in [3.63, 3.8) is 0 Å². The molecule has 100 valence electrons. The topological polar surface area (TPSA) is 46.0 Å². The smallest absolute Gasteiger partial charge is 0.0692 e. The molecule has 2 unspecified atom stereocenters. The van der Waals surface area contributed by atoms with Gasteiger partial charge in [-0.2, -0.15) is 0 Å². The normalized spacial score (nSPS) is 31.9. The monoisotopic (exact) mass is 249 g/mol. The molecule has 2 atom stereocenters. The molecule has 0 radical (unpaired) electrons. The van der Waals surface area contributed by atoms with Gasteiger partial charge in [-0.15, -0.1) is 5.10 Å². The first-order valence-electron chi connectivity index (χ1n) is 7.20. The molecule has 0 amide bonds. The lowest BCUT2D eigenvalue weighted by Crippen LogP contribution is -2.49. The van der Waals surface area contributed by atoms with Crippen LogP contribution in [0.4, 0.5) is 0 Å². The van der Waals surface area contributed by atoms with E-state index >= 15 is 0 Å². The highest BCUT2D eigenvalue weighted by Gasteiger charge is 2.39. The van der Waals surface area contributed by atoms with Crippen LogP contribution >= 0.6 is 0 Å². The van der Waals surface area contributed by atoms with Crippen LogP contribution in [0.3, 0.4) is 0 Å². The molecule has 3 heterocycles. The maximum Gasteiger partial charge on any atom is 0.0692 e. The van der Waals surface area contributed by atoms with Gasteiger partial charge in [0.1, 0.15) is 0 Å². The van der Waals surface area contributed by atoms with Crippen LogP contribution in [0.15, 0.2) is 12.4 Å². The third-order valence-corrected chi connectivity index (χ3v) is 4.44. The maximum atomic E-state index is 4.04. The fraction of sp³-hybridized carbons (Fsp3) is 0.846. The standard InChI is InChI=1S/C13H23N5/c1-2-14-11-9-12-3-4-13(10-11)18(12)8-7-17-6-5-15-16-17/h5-6,11-14H,2-4,7-10H2,1H3. The number of hydrogen-bond acceptors (Lipinski definition) is 4. The number of aromatic nitrogens is 3. The molecule has 5 heteroatoms. The van der Waals surface area contributed by atoms with E-state index in [-0.39, 0.29) is 0 Å². The molecule has 3 rings (SSSR count). The van der Waals surface area contributed by atoms with Crippen LogP contribution < -0.4 is 5.32 Å². The fourth-order valence-corrected chi connectivity index (χ4v) is 3.66. The van der Waals surface area contributed by atoms with Crippen molar-refractivity contribution in [2.24, 2.45) is 0 Å². The van der Waals surface area contributed by atoms with Crippen LogP contribution in [-0.2, 0) is 6.54 Å². The van der Waals surface area contributed by atoms with Gasteiger partial charge in [-0.3, -0.25) is 9.58 Å². The Bertz CT molecular complexity index is 349. The number of rotatable bonds is 5. The van der Waals surface area contributed by atoms with Gasteiger partial charge in [-0.25, -0.2) is 0 Å². The summed E-state index contributed by atoms with van der Waals surface area (Å²) in [5.41, 5.74) is 0. The van der Waals surface area contributed by atoms with E-state index < -0.39 is 0 Å². The zero-order chi connectivity index (χ0) is 12.4. The highest BCUT2D eigenvalue weighted by atomic mass is 15.4. The van der Waals surface area contributed by atoms with Crippen molar-refractivity contribution in [1.29, 1.82) is 0 Å². The summed E-state index contributed by atoms with van der Waals surface area (Å²) in [5, 5.41) is 11.5. The summed E-state index contributed by atoms with van der Waals surface area (Å²) < 4.78 is 1.94. The van der Waals surface area contributed by atoms with Gasteiger partial charge in [0, 0.05) is 30.9 Å². The Balaban J connectivity index is 1.55. The van der Waals surface area contributed by atoms with E-state index in [1.54, 1.807) is 6.20 Å². The number of fused-ring (bicyclic) bond motifs is 2. The molecule has 5 nitrogen and oxygen atoms in total. The minimum absolute atomic E-state index is 0.745. The molecule has 2 saturated heterocycles. The van der Waals surface area contributed by atoms with Crippen molar-refractivity contribution in [3.8, 4) is 0 Å². The van der Waals surface area contributed by atoms with Crippen molar-refractivity contribution in [3.05, 3.63) is 12.4 Å². The summed E-state index contributed by atoms with van der Waals surface area (Å²) in [4.78, 5) is 2.70. The van der Waals surface area contributed by atoms with E-state index in [2.05, 4.69) is 27.5 Å². The molecule has 1 aromatic heterocycles. The average molecular weight is 249 g/mol. The summed E-state index contributed by atoms with van der Waals surface area (Å²) in [6, 6.07) is 2.32. The third-order valence-electron chi connectivity index (χ3n) is 4.44. The predicted molar refractivity (Wildman–Crippen MR) is 70.2 cm³/mol. The lowest BCUT2D eigenvalue weighted by molar-refractivity contribution is 0.111. The summed E-state index contributed by atoms with van der Waals surface area (Å²) in [5.74, 6) is 0. The summed E-state index contributed by atoms with van der Waals surface area (Å²) in [6.45, 7) is 5.40. The van der Waals surface area contributed by atoms with E-state index in [0.29, 0.717) is 0 Å². The molecule has 1 aromatic rings. The maximum absolute atomic E-state index is 4.04. The van der Waals surface area contributed by atoms with E-state index in [1.807, 2.05) is 10.9 Å². The van der Waals surface area contributed by atoms with Crippen molar-refractivity contribution in [2.75, 3.05) is 13.1 Å². The second kappa shape index (κ2) is 5.36. The van der Waals surface area contributed by atoms with E-state index in [0.717, 1.165) is 37.8 Å². The van der Waals surface area contributed by atoms with Gasteiger partial charge in [0.15, 0.2) is 0 Å². The van der Waals surface area contributed by atoms with E-state index in [9.17, 15) is 0 Å². The lowest BCUT2D eigenvalue weighted by atomic mass is 9.97. The van der Waals surface area contributed by atoms with Crippen molar-refractivity contribution in [1.82, 2.24) is 25.2 Å². The minimum atomic E-state index is 0.745. The number of hydrogen-bond donors (Lipinski definition) is 1. The number of piperidine rings is 1. The van der Waals surface area contributed by atoms with Gasteiger partial charge in [0.05, 0.1) is 12.7 Å². The minimum Gasteiger partial charge on any atom is -0.314 e. The molecule has 2 bridgehead atoms. The highest BCUT2D eigenvalue weighted by molar-refractivity contribution is 4.97. The van der Waals surface area contributed by atoms with Crippen LogP contribution in [0.1, 0.15) is 32.6 Å². The molecular weight excluding hydrogens is 226 g/mol. The number of nitrogens with zero attached hydrogens (tertiary/aromatic N) is 4. The van der Waals surface area contributed by atoms with Crippen molar-refractivity contribution < 1.29 is 0 Å². The van der Waals surface area contributed by atoms with Gasteiger partial charge < -0.3 is 5.32 Å². The highest BCUT2D eigenvalue weighted by Crippen LogP contribution is 2.35. The van der Waals surface area contributed by atoms with E-state index in [4.69, 9.17) is 0 Å². The first kappa shape index (κ1) is 12.1. The summed E-state index contributed by atoms with van der Waals surface area (Å²) >= 11 is 0. The largest absolute Gasteiger partial charge is 0.314 e.